The van der Waals surface area contributed by atoms with Crippen molar-refractivity contribution in [2.45, 2.75) is 59.0 Å². The van der Waals surface area contributed by atoms with Gasteiger partial charge in [-0.15, -0.1) is 0 Å². The van der Waals surface area contributed by atoms with Gasteiger partial charge >= 0.3 is 0 Å². The summed E-state index contributed by atoms with van der Waals surface area (Å²) >= 11 is 0. The lowest BCUT2D eigenvalue weighted by molar-refractivity contribution is -0.140. The summed E-state index contributed by atoms with van der Waals surface area (Å²) < 4.78 is 11.0. The van der Waals surface area contributed by atoms with Gasteiger partial charge in [-0.1, -0.05) is 43.2 Å². The predicted molar refractivity (Wildman–Crippen MR) is 127 cm³/mol. The highest BCUT2D eigenvalue weighted by Crippen LogP contribution is 2.17. The molecule has 174 valence electrons. The highest BCUT2D eigenvalue weighted by Gasteiger charge is 2.25. The molecule has 1 atom stereocenters. The second-order valence-electron chi connectivity index (χ2n) is 7.96. The molecule has 0 spiro atoms. The standard InChI is InChI=1S/C26H36N2O4/c1-5-6-17-27-26(30)21(3)28(19-22-11-15-23(31-4)16-12-22)25(29)8-7-18-32-24-13-9-20(2)10-14-24/h9-16,21H,5-8,17-19H2,1-4H3,(H,27,30)/t21-/m1/s1. The predicted octanol–water partition coefficient (Wildman–Crippen LogP) is 4.50. The number of rotatable bonds is 13. The summed E-state index contributed by atoms with van der Waals surface area (Å²) in [7, 11) is 1.62. The molecule has 2 aromatic rings. The fourth-order valence-corrected chi connectivity index (χ4v) is 3.24. The number of unbranched alkanes of at least 4 members (excludes halogenated alkanes) is 1. The number of aryl methyl sites for hydroxylation is 1. The Hall–Kier alpha value is -3.02. The maximum absolute atomic E-state index is 13.1. The Balaban J connectivity index is 1.98. The van der Waals surface area contributed by atoms with Gasteiger partial charge in [-0.2, -0.15) is 0 Å². The van der Waals surface area contributed by atoms with Gasteiger partial charge in [-0.05, 0) is 56.5 Å². The van der Waals surface area contributed by atoms with E-state index in [4.69, 9.17) is 9.47 Å². The van der Waals surface area contributed by atoms with E-state index in [2.05, 4.69) is 12.2 Å². The third-order valence-electron chi connectivity index (χ3n) is 5.33. The fourth-order valence-electron chi connectivity index (χ4n) is 3.24. The van der Waals surface area contributed by atoms with E-state index in [1.807, 2.05) is 55.5 Å². The van der Waals surface area contributed by atoms with Crippen LogP contribution in [0.4, 0.5) is 0 Å². The molecule has 6 heteroatoms. The van der Waals surface area contributed by atoms with Crippen molar-refractivity contribution >= 4 is 11.8 Å². The number of ether oxygens (including phenoxy) is 2. The zero-order chi connectivity index (χ0) is 23.3. The van der Waals surface area contributed by atoms with Gasteiger partial charge in [0, 0.05) is 19.5 Å². The summed E-state index contributed by atoms with van der Waals surface area (Å²) in [6.07, 6.45) is 2.82. The van der Waals surface area contributed by atoms with Crippen LogP contribution in [0, 0.1) is 6.92 Å². The van der Waals surface area contributed by atoms with Gasteiger partial charge in [0.1, 0.15) is 17.5 Å². The van der Waals surface area contributed by atoms with Gasteiger partial charge < -0.3 is 19.7 Å². The fraction of sp³-hybridized carbons (Fsp3) is 0.462. The van der Waals surface area contributed by atoms with Crippen LogP contribution in [0.2, 0.25) is 0 Å². The lowest BCUT2D eigenvalue weighted by Gasteiger charge is -2.29. The molecule has 0 aromatic heterocycles. The van der Waals surface area contributed by atoms with Crippen LogP contribution in [-0.4, -0.2) is 43.0 Å². The van der Waals surface area contributed by atoms with Crippen LogP contribution in [0.15, 0.2) is 48.5 Å². The van der Waals surface area contributed by atoms with Crippen LogP contribution in [0.5, 0.6) is 11.5 Å². The lowest BCUT2D eigenvalue weighted by atomic mass is 10.1. The van der Waals surface area contributed by atoms with Gasteiger partial charge in [0.15, 0.2) is 0 Å². The maximum atomic E-state index is 13.1. The van der Waals surface area contributed by atoms with Crippen molar-refractivity contribution in [1.29, 1.82) is 0 Å². The van der Waals surface area contributed by atoms with Crippen molar-refractivity contribution in [3.63, 3.8) is 0 Å². The van der Waals surface area contributed by atoms with Gasteiger partial charge in [-0.3, -0.25) is 9.59 Å². The van der Waals surface area contributed by atoms with Crippen LogP contribution in [0.3, 0.4) is 0 Å². The van der Waals surface area contributed by atoms with Gasteiger partial charge in [0.2, 0.25) is 11.8 Å². The van der Waals surface area contributed by atoms with Crippen molar-refractivity contribution in [2.75, 3.05) is 20.3 Å². The van der Waals surface area contributed by atoms with E-state index >= 15 is 0 Å². The minimum Gasteiger partial charge on any atom is -0.497 e. The maximum Gasteiger partial charge on any atom is 0.242 e. The van der Waals surface area contributed by atoms with E-state index in [1.54, 1.807) is 18.9 Å². The van der Waals surface area contributed by atoms with Crippen LogP contribution in [0.25, 0.3) is 0 Å². The molecule has 2 amide bonds. The number of methoxy groups -OCH3 is 1. The zero-order valence-electron chi connectivity index (χ0n) is 19.7. The van der Waals surface area contributed by atoms with Crippen molar-refractivity contribution in [3.8, 4) is 11.5 Å². The Morgan fingerprint density at radius 1 is 1.00 bits per heavy atom. The Kier molecular flexibility index (Phi) is 10.6. The van der Waals surface area contributed by atoms with E-state index < -0.39 is 6.04 Å². The molecule has 0 bridgehead atoms. The smallest absolute Gasteiger partial charge is 0.242 e. The summed E-state index contributed by atoms with van der Waals surface area (Å²) in [5, 5.41) is 2.94. The molecule has 0 unspecified atom stereocenters. The summed E-state index contributed by atoms with van der Waals surface area (Å²) in [5.41, 5.74) is 2.12. The average molecular weight is 441 g/mol. The summed E-state index contributed by atoms with van der Waals surface area (Å²) in [6.45, 7) is 7.32. The molecule has 32 heavy (non-hydrogen) atoms. The number of hydrogen-bond acceptors (Lipinski definition) is 4. The van der Waals surface area contributed by atoms with E-state index in [-0.39, 0.29) is 11.8 Å². The lowest BCUT2D eigenvalue weighted by Crippen LogP contribution is -2.47. The highest BCUT2D eigenvalue weighted by atomic mass is 16.5. The van der Waals surface area contributed by atoms with Crippen molar-refractivity contribution in [2.24, 2.45) is 0 Å². The van der Waals surface area contributed by atoms with Crippen molar-refractivity contribution in [1.82, 2.24) is 10.2 Å². The zero-order valence-corrected chi connectivity index (χ0v) is 19.7. The number of carbonyl (C=O) groups is 2. The molecule has 0 aliphatic heterocycles. The molecule has 0 saturated carbocycles. The SMILES string of the molecule is CCCCNC(=O)[C@@H](C)N(Cc1ccc(OC)cc1)C(=O)CCCOc1ccc(C)cc1. The summed E-state index contributed by atoms with van der Waals surface area (Å²) in [5.74, 6) is 1.36. The molecule has 2 aromatic carbocycles. The second-order valence-corrected chi connectivity index (χ2v) is 7.96. The number of hydrogen-bond donors (Lipinski definition) is 1. The van der Waals surface area contributed by atoms with Crippen LogP contribution >= 0.6 is 0 Å². The first-order valence-electron chi connectivity index (χ1n) is 11.3. The Labute approximate surface area is 191 Å². The first kappa shape index (κ1) is 25.2. The molecule has 0 heterocycles. The number of amides is 2. The third kappa shape index (κ3) is 8.25. The minimum absolute atomic E-state index is 0.0635. The topological polar surface area (TPSA) is 67.9 Å². The number of carbonyl (C=O) groups excluding carboxylic acids is 2. The molecule has 0 saturated heterocycles. The summed E-state index contributed by atoms with van der Waals surface area (Å²) in [6, 6.07) is 14.8. The molecule has 0 fully saturated rings. The van der Waals surface area contributed by atoms with Gasteiger partial charge in [0.25, 0.3) is 0 Å². The third-order valence-corrected chi connectivity index (χ3v) is 5.33. The molecular formula is C26H36N2O4. The average Bonchev–Trinajstić information content (AvgIpc) is 2.81. The van der Waals surface area contributed by atoms with E-state index in [9.17, 15) is 9.59 Å². The van der Waals surface area contributed by atoms with E-state index in [0.717, 1.165) is 29.9 Å². The Morgan fingerprint density at radius 2 is 1.66 bits per heavy atom. The van der Waals surface area contributed by atoms with E-state index in [1.165, 1.54) is 5.56 Å². The molecular weight excluding hydrogens is 404 g/mol. The summed E-state index contributed by atoms with van der Waals surface area (Å²) in [4.78, 5) is 27.4. The van der Waals surface area contributed by atoms with Gasteiger partial charge in [-0.25, -0.2) is 0 Å². The Morgan fingerprint density at radius 3 is 2.28 bits per heavy atom. The van der Waals surface area contributed by atoms with E-state index in [0.29, 0.717) is 32.5 Å². The van der Waals surface area contributed by atoms with Gasteiger partial charge in [0.05, 0.1) is 13.7 Å². The largest absolute Gasteiger partial charge is 0.497 e. The van der Waals surface area contributed by atoms with Crippen molar-refractivity contribution < 1.29 is 19.1 Å². The highest BCUT2D eigenvalue weighted by molar-refractivity contribution is 5.87. The number of nitrogens with one attached hydrogen (secondary N) is 1. The molecule has 0 radical (unpaired) electrons. The number of nitrogens with zero attached hydrogens (tertiary/aromatic N) is 1. The molecule has 6 nitrogen and oxygen atoms in total. The monoisotopic (exact) mass is 440 g/mol. The van der Waals surface area contributed by atoms with Crippen LogP contribution in [-0.2, 0) is 16.1 Å². The van der Waals surface area contributed by atoms with Crippen molar-refractivity contribution in [3.05, 3.63) is 59.7 Å². The first-order chi connectivity index (χ1) is 15.4. The molecule has 2 rings (SSSR count). The number of benzene rings is 2. The minimum atomic E-state index is -0.556. The normalized spacial score (nSPS) is 11.5. The Bertz CT molecular complexity index is 834. The quantitative estimate of drug-likeness (QED) is 0.466. The molecule has 1 N–H and O–H groups in total. The first-order valence-corrected chi connectivity index (χ1v) is 11.3. The second kappa shape index (κ2) is 13.4. The van der Waals surface area contributed by atoms with Crippen LogP contribution < -0.4 is 14.8 Å². The molecule has 0 aliphatic rings. The molecule has 0 aliphatic carbocycles. The van der Waals surface area contributed by atoms with Crippen LogP contribution in [0.1, 0.15) is 50.7 Å².